The molecular formula is C7H3NO4S2. The fourth-order valence-electron chi connectivity index (χ4n) is 1.75. The molecule has 1 aromatic heterocycles. The van der Waals surface area contributed by atoms with Crippen LogP contribution in [0.5, 0.6) is 5.75 Å². The lowest BCUT2D eigenvalue weighted by Crippen LogP contribution is -2.31. The second-order valence-electron chi connectivity index (χ2n) is 3.19. The van der Waals surface area contributed by atoms with Crippen LogP contribution < -0.4 is 4.18 Å². The largest absolute Gasteiger partial charge is 0.458 e. The molecule has 0 saturated heterocycles. The van der Waals surface area contributed by atoms with Crippen LogP contribution in [-0.2, 0) is 21.3 Å². The average molecular weight is 229 g/mol. The van der Waals surface area contributed by atoms with Crippen LogP contribution >= 0.6 is 12.6 Å². The molecule has 0 spiro atoms. The van der Waals surface area contributed by atoms with Gasteiger partial charge in [0.05, 0.1) is 17.4 Å². The molecule has 1 aromatic rings. The van der Waals surface area contributed by atoms with Gasteiger partial charge >= 0.3 is 10.1 Å². The summed E-state index contributed by atoms with van der Waals surface area (Å²) in [6.07, 6.45) is 0.00347. The highest BCUT2D eigenvalue weighted by atomic mass is 32.2. The van der Waals surface area contributed by atoms with Gasteiger partial charge in [-0.3, -0.25) is 0 Å². The van der Waals surface area contributed by atoms with E-state index in [-0.39, 0.29) is 17.9 Å². The van der Waals surface area contributed by atoms with Crippen molar-refractivity contribution in [3.8, 4) is 11.8 Å². The first-order valence-electron chi connectivity index (χ1n) is 3.72. The maximum absolute atomic E-state index is 11.6. The van der Waals surface area contributed by atoms with E-state index in [9.17, 15) is 8.42 Å². The maximum Gasteiger partial charge on any atom is 0.337 e. The standard InChI is InChI=1S/C7H3NO4S2/c8-2-7-1-3-5(13)4(6(7)11-3)12-14(7,9)10/h13H,1H2. The van der Waals surface area contributed by atoms with E-state index in [2.05, 4.69) is 12.6 Å². The molecule has 14 heavy (non-hydrogen) atoms. The molecule has 2 aliphatic heterocycles. The molecule has 0 saturated carbocycles. The average Bonchev–Trinajstić information content (AvgIpc) is 2.67. The van der Waals surface area contributed by atoms with Gasteiger partial charge in [-0.15, -0.1) is 12.6 Å². The van der Waals surface area contributed by atoms with Gasteiger partial charge in [-0.2, -0.15) is 13.7 Å². The van der Waals surface area contributed by atoms with Crippen LogP contribution in [0.3, 0.4) is 0 Å². The SMILES string of the molecule is N#CC12Cc3oc1c(c3S)OS2(=O)=O. The topological polar surface area (TPSA) is 80.3 Å². The predicted octanol–water partition coefficient (Wildman–Crippen LogP) is 0.565. The Morgan fingerprint density at radius 3 is 2.86 bits per heavy atom. The van der Waals surface area contributed by atoms with Gasteiger partial charge in [0.25, 0.3) is 4.75 Å². The molecule has 7 heteroatoms. The summed E-state index contributed by atoms with van der Waals surface area (Å²) in [6, 6.07) is 1.75. The van der Waals surface area contributed by atoms with Crippen LogP contribution in [0.25, 0.3) is 0 Å². The number of nitriles is 1. The predicted molar refractivity (Wildman–Crippen MR) is 46.5 cm³/mol. The Balaban J connectivity index is 2.46. The normalized spacial score (nSPS) is 30.0. The number of rotatable bonds is 0. The van der Waals surface area contributed by atoms with E-state index in [0.717, 1.165) is 0 Å². The second kappa shape index (κ2) is 1.94. The van der Waals surface area contributed by atoms with Crippen molar-refractivity contribution in [3.63, 3.8) is 0 Å². The molecule has 0 radical (unpaired) electrons. The first-order valence-corrected chi connectivity index (χ1v) is 5.58. The maximum atomic E-state index is 11.6. The summed E-state index contributed by atoms with van der Waals surface area (Å²) >= 11 is 4.05. The van der Waals surface area contributed by atoms with Crippen molar-refractivity contribution < 1.29 is 17.0 Å². The van der Waals surface area contributed by atoms with E-state index < -0.39 is 14.9 Å². The molecule has 1 atom stereocenters. The molecule has 0 aliphatic carbocycles. The fraction of sp³-hybridized carbons (Fsp3) is 0.286. The highest BCUT2D eigenvalue weighted by Crippen LogP contribution is 2.57. The summed E-state index contributed by atoms with van der Waals surface area (Å²) in [5, 5.41) is 8.92. The second-order valence-corrected chi connectivity index (χ2v) is 5.40. The monoisotopic (exact) mass is 229 g/mol. The molecule has 3 heterocycles. The molecule has 0 fully saturated rings. The number of thiol groups is 1. The van der Waals surface area contributed by atoms with E-state index in [1.807, 2.05) is 0 Å². The molecule has 0 amide bonds. The van der Waals surface area contributed by atoms with Gasteiger partial charge < -0.3 is 8.60 Å². The van der Waals surface area contributed by atoms with E-state index in [0.29, 0.717) is 10.7 Å². The quantitative estimate of drug-likeness (QED) is 0.519. The highest BCUT2D eigenvalue weighted by Gasteiger charge is 2.64. The lowest BCUT2D eigenvalue weighted by Gasteiger charge is -2.08. The van der Waals surface area contributed by atoms with Crippen molar-refractivity contribution in [1.29, 1.82) is 5.26 Å². The van der Waals surface area contributed by atoms with Gasteiger partial charge in [0.1, 0.15) is 5.76 Å². The minimum atomic E-state index is -3.93. The molecule has 72 valence electrons. The molecule has 0 aromatic carbocycles. The van der Waals surface area contributed by atoms with Gasteiger partial charge in [0.2, 0.25) is 5.75 Å². The van der Waals surface area contributed by atoms with Crippen molar-refractivity contribution >= 4 is 22.7 Å². The van der Waals surface area contributed by atoms with Crippen molar-refractivity contribution in [1.82, 2.24) is 0 Å². The van der Waals surface area contributed by atoms with Crippen molar-refractivity contribution in [2.24, 2.45) is 0 Å². The molecule has 2 bridgehead atoms. The smallest absolute Gasteiger partial charge is 0.337 e. The van der Waals surface area contributed by atoms with E-state index in [1.54, 1.807) is 6.07 Å². The Labute approximate surface area is 84.8 Å². The summed E-state index contributed by atoms with van der Waals surface area (Å²) in [7, 11) is -3.93. The molecule has 1 unspecified atom stereocenters. The van der Waals surface area contributed by atoms with Gasteiger partial charge in [0, 0.05) is 0 Å². The first-order chi connectivity index (χ1) is 6.52. The Kier molecular flexibility index (Phi) is 1.14. The third-order valence-electron chi connectivity index (χ3n) is 2.49. The third-order valence-corrected chi connectivity index (χ3v) is 4.60. The zero-order valence-corrected chi connectivity index (χ0v) is 8.35. The fourth-order valence-corrected chi connectivity index (χ4v) is 3.39. The van der Waals surface area contributed by atoms with Crippen LogP contribution in [-0.4, -0.2) is 8.42 Å². The first kappa shape index (κ1) is 8.20. The zero-order valence-electron chi connectivity index (χ0n) is 6.64. The Morgan fingerprint density at radius 1 is 1.57 bits per heavy atom. The molecule has 5 nitrogen and oxygen atoms in total. The van der Waals surface area contributed by atoms with Crippen LogP contribution in [0, 0.1) is 11.3 Å². The van der Waals surface area contributed by atoms with Gasteiger partial charge in [-0.05, 0) is 0 Å². The summed E-state index contributed by atoms with van der Waals surface area (Å²) in [5.74, 6) is 0.567. The minimum Gasteiger partial charge on any atom is -0.458 e. The number of nitrogens with zero attached hydrogens (tertiary/aromatic N) is 1. The van der Waals surface area contributed by atoms with Gasteiger partial charge in [-0.1, -0.05) is 0 Å². The van der Waals surface area contributed by atoms with Crippen LogP contribution in [0.2, 0.25) is 0 Å². The molecular weight excluding hydrogens is 226 g/mol. The van der Waals surface area contributed by atoms with E-state index in [1.165, 1.54) is 0 Å². The summed E-state index contributed by atoms with van der Waals surface area (Å²) in [5.41, 5.74) is 0. The van der Waals surface area contributed by atoms with E-state index >= 15 is 0 Å². The third kappa shape index (κ3) is 0.576. The summed E-state index contributed by atoms with van der Waals surface area (Å²) < 4.78 is 31.3. The molecule has 3 rings (SSSR count). The summed E-state index contributed by atoms with van der Waals surface area (Å²) in [6.45, 7) is 0. The number of fused-ring (bicyclic) bond motifs is 1. The zero-order chi connectivity index (χ0) is 10.1. The Hall–Kier alpha value is -1.13. The number of hydrogen-bond acceptors (Lipinski definition) is 6. The summed E-state index contributed by atoms with van der Waals surface area (Å²) in [4.78, 5) is 0.381. The highest BCUT2D eigenvalue weighted by molar-refractivity contribution is 7.88. The Bertz CT molecular complexity index is 594. The van der Waals surface area contributed by atoms with Gasteiger partial charge in [-0.25, -0.2) is 0 Å². The molecule has 0 N–H and O–H groups in total. The van der Waals surface area contributed by atoms with Gasteiger partial charge in [0.15, 0.2) is 5.76 Å². The molecule has 2 aliphatic rings. The number of furan rings is 1. The number of hydrogen-bond donors (Lipinski definition) is 1. The van der Waals surface area contributed by atoms with Crippen molar-refractivity contribution in [3.05, 3.63) is 11.5 Å². The Morgan fingerprint density at radius 2 is 2.29 bits per heavy atom. The van der Waals surface area contributed by atoms with Crippen LogP contribution in [0.4, 0.5) is 0 Å². The van der Waals surface area contributed by atoms with Crippen molar-refractivity contribution in [2.75, 3.05) is 0 Å². The van der Waals surface area contributed by atoms with Crippen LogP contribution in [0.1, 0.15) is 11.5 Å². The minimum absolute atomic E-state index is 0.00347. The van der Waals surface area contributed by atoms with E-state index in [4.69, 9.17) is 13.9 Å². The lowest BCUT2D eigenvalue weighted by atomic mass is 9.99. The van der Waals surface area contributed by atoms with Crippen molar-refractivity contribution in [2.45, 2.75) is 16.1 Å². The lowest BCUT2D eigenvalue weighted by molar-refractivity contribution is 0.484. The van der Waals surface area contributed by atoms with Crippen LogP contribution in [0.15, 0.2) is 9.31 Å².